The summed E-state index contributed by atoms with van der Waals surface area (Å²) in [5.74, 6) is -2.83. The fraction of sp³-hybridized carbons (Fsp3) is 0.176. The number of rotatable bonds is 6. The van der Waals surface area contributed by atoms with E-state index in [2.05, 4.69) is 5.32 Å². The number of carbonyl (C=O) groups excluding carboxylic acids is 2. The van der Waals surface area contributed by atoms with Crippen molar-refractivity contribution in [3.05, 3.63) is 59.7 Å². The fourth-order valence-electron chi connectivity index (χ4n) is 1.97. The molecule has 0 radical (unpaired) electrons. The van der Waals surface area contributed by atoms with E-state index in [0.29, 0.717) is 11.3 Å². The van der Waals surface area contributed by atoms with Gasteiger partial charge in [-0.05, 0) is 18.2 Å². The van der Waals surface area contributed by atoms with Crippen LogP contribution >= 0.6 is 0 Å². The Morgan fingerprint density at radius 3 is 2.54 bits per heavy atom. The van der Waals surface area contributed by atoms with Crippen molar-refractivity contribution in [2.24, 2.45) is 0 Å². The molecule has 2 rings (SSSR count). The zero-order chi connectivity index (χ0) is 17.5. The van der Waals surface area contributed by atoms with Crippen LogP contribution < -0.4 is 10.1 Å². The number of ether oxygens (including phenoxy) is 2. The van der Waals surface area contributed by atoms with Crippen LogP contribution in [-0.2, 0) is 20.7 Å². The highest BCUT2D eigenvalue weighted by Crippen LogP contribution is 2.18. The maximum absolute atomic E-state index is 13.0. The molecule has 0 fully saturated rings. The number of amides is 1. The maximum Gasteiger partial charge on any atom is 0.310 e. The molecule has 0 atom stereocenters. The lowest BCUT2D eigenvalue weighted by atomic mass is 10.1. The second kappa shape index (κ2) is 8.05. The Balaban J connectivity index is 1.84. The highest BCUT2D eigenvalue weighted by molar-refractivity contribution is 5.92. The summed E-state index contributed by atoms with van der Waals surface area (Å²) in [4.78, 5) is 23.4. The van der Waals surface area contributed by atoms with Gasteiger partial charge in [0.2, 0.25) is 0 Å². The van der Waals surface area contributed by atoms with E-state index in [1.807, 2.05) is 0 Å². The molecular weight excluding hydrogens is 320 g/mol. The molecule has 0 bridgehead atoms. The van der Waals surface area contributed by atoms with Crippen LogP contribution in [-0.4, -0.2) is 25.6 Å². The standard InChI is InChI=1S/C17H15F2NO4/c1-23-15-5-3-2-4-11(15)8-17(22)24-10-16(21)20-12-6-7-13(18)14(19)9-12/h2-7,9H,8,10H2,1H3,(H,20,21). The number of esters is 1. The van der Waals surface area contributed by atoms with E-state index in [1.165, 1.54) is 13.2 Å². The number of para-hydroxylation sites is 1. The fourth-order valence-corrected chi connectivity index (χ4v) is 1.97. The third-order valence-corrected chi connectivity index (χ3v) is 3.09. The van der Waals surface area contributed by atoms with Gasteiger partial charge in [-0.15, -0.1) is 0 Å². The minimum Gasteiger partial charge on any atom is -0.496 e. The van der Waals surface area contributed by atoms with Crippen LogP contribution in [0.25, 0.3) is 0 Å². The number of nitrogens with one attached hydrogen (secondary N) is 1. The molecule has 0 unspecified atom stereocenters. The molecule has 0 saturated heterocycles. The van der Waals surface area contributed by atoms with E-state index in [4.69, 9.17) is 9.47 Å². The maximum atomic E-state index is 13.0. The van der Waals surface area contributed by atoms with Crippen LogP contribution in [0.3, 0.4) is 0 Å². The van der Waals surface area contributed by atoms with E-state index in [0.717, 1.165) is 12.1 Å². The molecule has 0 spiro atoms. The Kier molecular flexibility index (Phi) is 5.83. The first-order valence-electron chi connectivity index (χ1n) is 7.02. The molecule has 2 aromatic rings. The first-order valence-corrected chi connectivity index (χ1v) is 7.02. The van der Waals surface area contributed by atoms with Crippen LogP contribution in [0, 0.1) is 11.6 Å². The van der Waals surface area contributed by atoms with Gasteiger partial charge < -0.3 is 14.8 Å². The average Bonchev–Trinajstić information content (AvgIpc) is 2.57. The Bertz CT molecular complexity index is 749. The lowest BCUT2D eigenvalue weighted by Gasteiger charge is -2.09. The van der Waals surface area contributed by atoms with Crippen molar-refractivity contribution in [1.29, 1.82) is 0 Å². The molecule has 1 N–H and O–H groups in total. The molecule has 1 amide bonds. The molecule has 0 aliphatic carbocycles. The molecule has 0 saturated carbocycles. The predicted octanol–water partition coefficient (Wildman–Crippen LogP) is 2.70. The number of hydrogen-bond acceptors (Lipinski definition) is 4. The van der Waals surface area contributed by atoms with Gasteiger partial charge in [-0.2, -0.15) is 0 Å². The lowest BCUT2D eigenvalue weighted by Crippen LogP contribution is -2.21. The summed E-state index contributed by atoms with van der Waals surface area (Å²) in [6, 6.07) is 9.86. The van der Waals surface area contributed by atoms with Gasteiger partial charge in [-0.1, -0.05) is 18.2 Å². The molecule has 7 heteroatoms. The summed E-state index contributed by atoms with van der Waals surface area (Å²) >= 11 is 0. The monoisotopic (exact) mass is 335 g/mol. The van der Waals surface area contributed by atoms with Gasteiger partial charge in [0.15, 0.2) is 18.2 Å². The Hall–Kier alpha value is -2.96. The third kappa shape index (κ3) is 4.77. The van der Waals surface area contributed by atoms with Crippen molar-refractivity contribution in [3.8, 4) is 5.75 Å². The van der Waals surface area contributed by atoms with Crippen molar-refractivity contribution in [2.75, 3.05) is 19.0 Å². The van der Waals surface area contributed by atoms with Crippen LogP contribution in [0.2, 0.25) is 0 Å². The van der Waals surface area contributed by atoms with Crippen molar-refractivity contribution < 1.29 is 27.8 Å². The van der Waals surface area contributed by atoms with Crippen molar-refractivity contribution in [3.63, 3.8) is 0 Å². The van der Waals surface area contributed by atoms with Crippen LogP contribution in [0.15, 0.2) is 42.5 Å². The third-order valence-electron chi connectivity index (χ3n) is 3.09. The SMILES string of the molecule is COc1ccccc1CC(=O)OCC(=O)Nc1ccc(F)c(F)c1. The van der Waals surface area contributed by atoms with E-state index >= 15 is 0 Å². The summed E-state index contributed by atoms with van der Waals surface area (Å²) in [5.41, 5.74) is 0.700. The summed E-state index contributed by atoms with van der Waals surface area (Å²) in [6.45, 7) is -0.535. The second-order valence-electron chi connectivity index (χ2n) is 4.83. The molecule has 0 aliphatic heterocycles. The first-order chi connectivity index (χ1) is 11.5. The second-order valence-corrected chi connectivity index (χ2v) is 4.83. The zero-order valence-electron chi connectivity index (χ0n) is 12.8. The van der Waals surface area contributed by atoms with E-state index in [1.54, 1.807) is 24.3 Å². The summed E-state index contributed by atoms with van der Waals surface area (Å²) in [7, 11) is 1.49. The van der Waals surface area contributed by atoms with Gasteiger partial charge in [0, 0.05) is 17.3 Å². The lowest BCUT2D eigenvalue weighted by molar-refractivity contribution is -0.146. The molecule has 126 valence electrons. The predicted molar refractivity (Wildman–Crippen MR) is 82.6 cm³/mol. The van der Waals surface area contributed by atoms with Gasteiger partial charge in [-0.25, -0.2) is 8.78 Å². The van der Waals surface area contributed by atoms with Gasteiger partial charge in [0.05, 0.1) is 13.5 Å². The Morgan fingerprint density at radius 1 is 1.08 bits per heavy atom. The molecule has 0 aromatic heterocycles. The molecule has 0 heterocycles. The number of carbonyl (C=O) groups is 2. The first kappa shape index (κ1) is 17.4. The molecule has 5 nitrogen and oxygen atoms in total. The molecular formula is C17H15F2NO4. The van der Waals surface area contributed by atoms with Crippen LogP contribution in [0.5, 0.6) is 5.75 Å². The highest BCUT2D eigenvalue weighted by atomic mass is 19.2. The van der Waals surface area contributed by atoms with Gasteiger partial charge >= 0.3 is 5.97 Å². The van der Waals surface area contributed by atoms with Crippen molar-refractivity contribution in [2.45, 2.75) is 6.42 Å². The van der Waals surface area contributed by atoms with Gasteiger partial charge in [-0.3, -0.25) is 9.59 Å². The molecule has 2 aromatic carbocycles. The zero-order valence-corrected chi connectivity index (χ0v) is 12.8. The van der Waals surface area contributed by atoms with E-state index < -0.39 is 30.1 Å². The normalized spacial score (nSPS) is 10.1. The van der Waals surface area contributed by atoms with Gasteiger partial charge in [0.1, 0.15) is 5.75 Å². The summed E-state index contributed by atoms with van der Waals surface area (Å²) in [5, 5.41) is 2.30. The molecule has 0 aliphatic rings. The largest absolute Gasteiger partial charge is 0.496 e. The van der Waals surface area contributed by atoms with Crippen molar-refractivity contribution >= 4 is 17.6 Å². The van der Waals surface area contributed by atoms with E-state index in [-0.39, 0.29) is 12.1 Å². The summed E-state index contributed by atoms with van der Waals surface area (Å²) < 4.78 is 35.8. The Morgan fingerprint density at radius 2 is 1.83 bits per heavy atom. The number of benzene rings is 2. The average molecular weight is 335 g/mol. The van der Waals surface area contributed by atoms with Gasteiger partial charge in [0.25, 0.3) is 5.91 Å². The smallest absolute Gasteiger partial charge is 0.310 e. The number of methoxy groups -OCH3 is 1. The van der Waals surface area contributed by atoms with E-state index in [9.17, 15) is 18.4 Å². The Labute approximate surface area is 137 Å². The highest BCUT2D eigenvalue weighted by Gasteiger charge is 2.12. The number of halogens is 2. The molecule has 24 heavy (non-hydrogen) atoms. The number of hydrogen-bond donors (Lipinski definition) is 1. The minimum atomic E-state index is -1.08. The quantitative estimate of drug-likeness (QED) is 0.825. The van der Waals surface area contributed by atoms with Crippen LogP contribution in [0.4, 0.5) is 14.5 Å². The van der Waals surface area contributed by atoms with Crippen LogP contribution in [0.1, 0.15) is 5.56 Å². The topological polar surface area (TPSA) is 64.6 Å². The number of anilines is 1. The summed E-state index contributed by atoms with van der Waals surface area (Å²) in [6.07, 6.45) is -0.0531. The minimum absolute atomic E-state index is 0.0531. The van der Waals surface area contributed by atoms with Crippen molar-refractivity contribution in [1.82, 2.24) is 0 Å².